The fourth-order valence-electron chi connectivity index (χ4n) is 1.60. The van der Waals surface area contributed by atoms with Gasteiger partial charge in [0.25, 0.3) is 0 Å². The minimum Gasteiger partial charge on any atom is -0.308 e. The highest BCUT2D eigenvalue weighted by molar-refractivity contribution is 6.00. The minimum atomic E-state index is -1.07. The van der Waals surface area contributed by atoms with E-state index in [1.54, 1.807) is 0 Å². The molecule has 20 heavy (non-hydrogen) atoms. The normalized spacial score (nSPS) is 10.2. The highest BCUT2D eigenvalue weighted by atomic mass is 19.2. The lowest BCUT2D eigenvalue weighted by Crippen LogP contribution is -2.20. The average Bonchev–Trinajstić information content (AvgIpc) is 2.39. The third kappa shape index (κ3) is 3.09. The summed E-state index contributed by atoms with van der Waals surface area (Å²) in [5.74, 6) is -2.52. The third-order valence-electron chi connectivity index (χ3n) is 2.69. The first kappa shape index (κ1) is 13.9. The number of nitrogens with one attached hydrogen (secondary N) is 2. The molecule has 0 bridgehead atoms. The van der Waals surface area contributed by atoms with E-state index in [0.717, 1.165) is 12.1 Å². The van der Waals surface area contributed by atoms with Gasteiger partial charge in [-0.3, -0.25) is 0 Å². The molecule has 2 N–H and O–H groups in total. The van der Waals surface area contributed by atoms with E-state index >= 15 is 0 Å². The first-order chi connectivity index (χ1) is 9.47. The molecule has 2 aromatic rings. The van der Waals surface area contributed by atoms with Crippen molar-refractivity contribution in [3.63, 3.8) is 0 Å². The molecule has 0 aliphatic heterocycles. The van der Waals surface area contributed by atoms with Crippen LogP contribution in [-0.4, -0.2) is 6.03 Å². The fraction of sp³-hybridized carbons (Fsp3) is 0.0714. The first-order valence-corrected chi connectivity index (χ1v) is 5.75. The number of halogens is 3. The monoisotopic (exact) mass is 280 g/mol. The van der Waals surface area contributed by atoms with Gasteiger partial charge in [0.15, 0.2) is 11.6 Å². The van der Waals surface area contributed by atoms with E-state index in [2.05, 4.69) is 10.6 Å². The summed E-state index contributed by atoms with van der Waals surface area (Å²) in [6, 6.07) is 6.55. The maximum atomic E-state index is 13.3. The van der Waals surface area contributed by atoms with E-state index in [4.69, 9.17) is 0 Å². The van der Waals surface area contributed by atoms with E-state index in [1.165, 1.54) is 31.2 Å². The lowest BCUT2D eigenvalue weighted by atomic mass is 10.2. The zero-order valence-corrected chi connectivity index (χ0v) is 10.5. The van der Waals surface area contributed by atoms with Gasteiger partial charge in [0.1, 0.15) is 5.82 Å². The van der Waals surface area contributed by atoms with Gasteiger partial charge in [0.2, 0.25) is 0 Å². The van der Waals surface area contributed by atoms with Crippen LogP contribution in [-0.2, 0) is 0 Å². The number of benzene rings is 2. The van der Waals surface area contributed by atoms with Crippen LogP contribution in [0.4, 0.5) is 29.3 Å². The van der Waals surface area contributed by atoms with Gasteiger partial charge in [0.05, 0.1) is 0 Å². The molecule has 0 radical (unpaired) electrons. The van der Waals surface area contributed by atoms with Gasteiger partial charge in [-0.15, -0.1) is 0 Å². The van der Waals surface area contributed by atoms with Crippen molar-refractivity contribution in [3.8, 4) is 0 Å². The molecule has 0 aliphatic carbocycles. The zero-order valence-electron chi connectivity index (χ0n) is 10.5. The molecule has 3 nitrogen and oxygen atoms in total. The molecule has 2 amide bonds. The molecular formula is C14H11F3N2O. The Balaban J connectivity index is 2.09. The standard InChI is InChI=1S/C14H11F3N2O/c1-8-10(15)3-2-4-13(8)19-14(20)18-9-5-6-11(16)12(17)7-9/h2-7H,1H3,(H2,18,19,20). The summed E-state index contributed by atoms with van der Waals surface area (Å²) in [5.41, 5.74) is 0.675. The summed E-state index contributed by atoms with van der Waals surface area (Å²) in [6.07, 6.45) is 0. The molecular weight excluding hydrogens is 269 g/mol. The molecule has 0 saturated heterocycles. The minimum absolute atomic E-state index is 0.0930. The van der Waals surface area contributed by atoms with Crippen molar-refractivity contribution >= 4 is 17.4 Å². The maximum Gasteiger partial charge on any atom is 0.323 e. The Morgan fingerprint density at radius 3 is 2.40 bits per heavy atom. The summed E-state index contributed by atoms with van der Waals surface area (Å²) in [4.78, 5) is 11.7. The van der Waals surface area contributed by atoms with Crippen molar-refractivity contribution in [2.45, 2.75) is 6.92 Å². The van der Waals surface area contributed by atoms with E-state index in [9.17, 15) is 18.0 Å². The Hall–Kier alpha value is -2.50. The average molecular weight is 280 g/mol. The molecule has 104 valence electrons. The number of hydrogen-bond acceptors (Lipinski definition) is 1. The van der Waals surface area contributed by atoms with Crippen LogP contribution in [0.2, 0.25) is 0 Å². The van der Waals surface area contributed by atoms with Crippen molar-refractivity contribution < 1.29 is 18.0 Å². The number of carbonyl (C=O) groups excluding carboxylic acids is 1. The second kappa shape index (κ2) is 5.64. The van der Waals surface area contributed by atoms with E-state index in [1.807, 2.05) is 0 Å². The number of hydrogen-bond donors (Lipinski definition) is 2. The molecule has 2 aromatic carbocycles. The first-order valence-electron chi connectivity index (χ1n) is 5.75. The summed E-state index contributed by atoms with van der Waals surface area (Å²) >= 11 is 0. The summed E-state index contributed by atoms with van der Waals surface area (Å²) in [7, 11) is 0. The predicted molar refractivity (Wildman–Crippen MR) is 70.1 cm³/mol. The molecule has 0 heterocycles. The Bertz CT molecular complexity index is 659. The SMILES string of the molecule is Cc1c(F)cccc1NC(=O)Nc1ccc(F)c(F)c1. The molecule has 0 atom stereocenters. The zero-order chi connectivity index (χ0) is 14.7. The molecule has 2 rings (SSSR count). The van der Waals surface area contributed by atoms with Crippen molar-refractivity contribution in [1.29, 1.82) is 0 Å². The van der Waals surface area contributed by atoms with Crippen LogP contribution in [0.5, 0.6) is 0 Å². The summed E-state index contributed by atoms with van der Waals surface area (Å²) in [5, 5.41) is 4.75. The predicted octanol–water partition coefficient (Wildman–Crippen LogP) is 4.06. The van der Waals surface area contributed by atoms with Crippen LogP contribution < -0.4 is 10.6 Å². The van der Waals surface area contributed by atoms with Crippen LogP contribution in [0.1, 0.15) is 5.56 Å². The Labute approximate surface area is 113 Å². The molecule has 0 fully saturated rings. The lowest BCUT2D eigenvalue weighted by Gasteiger charge is -2.10. The van der Waals surface area contributed by atoms with Crippen molar-refractivity contribution in [3.05, 3.63) is 59.4 Å². The van der Waals surface area contributed by atoms with Crippen molar-refractivity contribution in [2.75, 3.05) is 10.6 Å². The second-order valence-electron chi connectivity index (χ2n) is 4.12. The molecule has 0 aliphatic rings. The smallest absolute Gasteiger partial charge is 0.308 e. The van der Waals surface area contributed by atoms with Crippen LogP contribution in [0.25, 0.3) is 0 Å². The topological polar surface area (TPSA) is 41.1 Å². The van der Waals surface area contributed by atoms with E-state index in [-0.39, 0.29) is 11.3 Å². The van der Waals surface area contributed by atoms with Crippen LogP contribution in [0, 0.1) is 24.4 Å². The Morgan fingerprint density at radius 1 is 0.950 bits per heavy atom. The number of carbonyl (C=O) groups is 1. The Kier molecular flexibility index (Phi) is 3.93. The molecule has 0 unspecified atom stereocenters. The number of rotatable bonds is 2. The van der Waals surface area contributed by atoms with Gasteiger partial charge < -0.3 is 10.6 Å². The number of anilines is 2. The highest BCUT2D eigenvalue weighted by Crippen LogP contribution is 2.18. The molecule has 6 heteroatoms. The summed E-state index contributed by atoms with van der Waals surface area (Å²) in [6.45, 7) is 1.52. The molecule has 0 spiro atoms. The van der Waals surface area contributed by atoms with Gasteiger partial charge >= 0.3 is 6.03 Å². The number of amides is 2. The largest absolute Gasteiger partial charge is 0.323 e. The van der Waals surface area contributed by atoms with Crippen LogP contribution >= 0.6 is 0 Å². The maximum absolute atomic E-state index is 13.3. The fourth-order valence-corrected chi connectivity index (χ4v) is 1.60. The third-order valence-corrected chi connectivity index (χ3v) is 2.69. The van der Waals surface area contributed by atoms with Crippen molar-refractivity contribution in [2.24, 2.45) is 0 Å². The van der Waals surface area contributed by atoms with Gasteiger partial charge in [-0.25, -0.2) is 18.0 Å². The number of urea groups is 1. The Morgan fingerprint density at radius 2 is 1.70 bits per heavy atom. The van der Waals surface area contributed by atoms with Gasteiger partial charge in [-0.1, -0.05) is 6.07 Å². The quantitative estimate of drug-likeness (QED) is 0.855. The lowest BCUT2D eigenvalue weighted by molar-refractivity contribution is 0.262. The van der Waals surface area contributed by atoms with E-state index < -0.39 is 23.5 Å². The van der Waals surface area contributed by atoms with Gasteiger partial charge in [0, 0.05) is 23.0 Å². The highest BCUT2D eigenvalue weighted by Gasteiger charge is 2.09. The van der Waals surface area contributed by atoms with Gasteiger partial charge in [-0.05, 0) is 31.2 Å². The van der Waals surface area contributed by atoms with Crippen LogP contribution in [0.15, 0.2) is 36.4 Å². The van der Waals surface area contributed by atoms with Crippen molar-refractivity contribution in [1.82, 2.24) is 0 Å². The van der Waals surface area contributed by atoms with E-state index in [0.29, 0.717) is 5.69 Å². The second-order valence-corrected chi connectivity index (χ2v) is 4.12. The molecule has 0 saturated carbocycles. The summed E-state index contributed by atoms with van der Waals surface area (Å²) < 4.78 is 39.0. The van der Waals surface area contributed by atoms with Gasteiger partial charge in [-0.2, -0.15) is 0 Å². The van der Waals surface area contributed by atoms with Crippen LogP contribution in [0.3, 0.4) is 0 Å². The molecule has 0 aromatic heterocycles.